The van der Waals surface area contributed by atoms with Gasteiger partial charge in [0.2, 0.25) is 0 Å². The Kier molecular flexibility index (Phi) is 2.79. The molecule has 0 aromatic carbocycles. The smallest absolute Gasteiger partial charge is 0.216 e. The molecule has 4 nitrogen and oxygen atoms in total. The molecule has 66 valence electrons. The molecule has 0 spiro atoms. The van der Waals surface area contributed by atoms with Gasteiger partial charge in [-0.2, -0.15) is 25.4 Å². The van der Waals surface area contributed by atoms with Crippen LogP contribution >= 0.6 is 12.6 Å². The van der Waals surface area contributed by atoms with E-state index < -0.39 is 10.2 Å². The zero-order chi connectivity index (χ0) is 8.48. The van der Waals surface area contributed by atoms with Gasteiger partial charge in [-0.25, -0.2) is 5.14 Å². The number of hydrogen-bond donors (Lipinski definition) is 2. The van der Waals surface area contributed by atoms with Crippen LogP contribution < -0.4 is 5.14 Å². The Balaban J connectivity index is 2.60. The first-order valence-corrected chi connectivity index (χ1v) is 5.48. The molecule has 1 fully saturated rings. The van der Waals surface area contributed by atoms with Crippen LogP contribution in [0.4, 0.5) is 0 Å². The molecule has 0 bridgehead atoms. The lowest BCUT2D eigenvalue weighted by Gasteiger charge is -2.27. The van der Waals surface area contributed by atoms with E-state index in [1.165, 1.54) is 4.31 Å². The lowest BCUT2D eigenvalue weighted by molar-refractivity contribution is 0.354. The standard InChI is InChI=1S/C5H12N2O2S2/c6-11(8,9)7-3-1-2-5(10)4-7/h5,10H,1-4H2,(H2,6,8,9). The topological polar surface area (TPSA) is 63.4 Å². The zero-order valence-electron chi connectivity index (χ0n) is 6.10. The summed E-state index contributed by atoms with van der Waals surface area (Å²) in [6.07, 6.45) is 1.82. The molecule has 11 heavy (non-hydrogen) atoms. The molecule has 1 rings (SSSR count). The van der Waals surface area contributed by atoms with Gasteiger partial charge in [0.05, 0.1) is 0 Å². The van der Waals surface area contributed by atoms with Crippen LogP contribution in [-0.2, 0) is 10.2 Å². The van der Waals surface area contributed by atoms with E-state index in [-0.39, 0.29) is 5.25 Å². The summed E-state index contributed by atoms with van der Waals surface area (Å²) in [7, 11) is -3.47. The average Bonchev–Trinajstić information content (AvgIpc) is 1.86. The van der Waals surface area contributed by atoms with Crippen molar-refractivity contribution in [3.05, 3.63) is 0 Å². The number of thiol groups is 1. The molecule has 1 saturated heterocycles. The molecule has 0 aromatic rings. The Bertz CT molecular complexity index is 227. The van der Waals surface area contributed by atoms with Gasteiger partial charge in [0.1, 0.15) is 0 Å². The Morgan fingerprint density at radius 2 is 2.18 bits per heavy atom. The quantitative estimate of drug-likeness (QED) is 0.560. The van der Waals surface area contributed by atoms with Crippen LogP contribution in [0.5, 0.6) is 0 Å². The van der Waals surface area contributed by atoms with E-state index >= 15 is 0 Å². The molecular weight excluding hydrogens is 184 g/mol. The lowest BCUT2D eigenvalue weighted by Crippen LogP contribution is -2.43. The molecule has 1 unspecified atom stereocenters. The van der Waals surface area contributed by atoms with Crippen molar-refractivity contribution < 1.29 is 8.42 Å². The maximum Gasteiger partial charge on any atom is 0.276 e. The summed E-state index contributed by atoms with van der Waals surface area (Å²) in [5, 5.41) is 5.08. The molecule has 1 aliphatic heterocycles. The van der Waals surface area contributed by atoms with Crippen molar-refractivity contribution in [2.75, 3.05) is 13.1 Å². The average molecular weight is 196 g/mol. The number of hydrogen-bond acceptors (Lipinski definition) is 3. The highest BCUT2D eigenvalue weighted by Crippen LogP contribution is 2.15. The summed E-state index contributed by atoms with van der Waals surface area (Å²) in [6, 6.07) is 0. The minimum absolute atomic E-state index is 0.141. The Hall–Kier alpha value is 0.220. The van der Waals surface area contributed by atoms with E-state index in [4.69, 9.17) is 5.14 Å². The molecule has 1 aliphatic rings. The van der Waals surface area contributed by atoms with Gasteiger partial charge in [-0.05, 0) is 12.8 Å². The van der Waals surface area contributed by atoms with Crippen LogP contribution in [0, 0.1) is 0 Å². The lowest BCUT2D eigenvalue weighted by atomic mass is 10.2. The molecule has 2 N–H and O–H groups in total. The molecule has 0 saturated carbocycles. The summed E-state index contributed by atoms with van der Waals surface area (Å²) in [4.78, 5) is 0. The number of rotatable bonds is 1. The molecule has 0 radical (unpaired) electrons. The first-order chi connectivity index (χ1) is 5.00. The Morgan fingerprint density at radius 1 is 1.55 bits per heavy atom. The number of piperidine rings is 1. The maximum atomic E-state index is 10.8. The van der Waals surface area contributed by atoms with Gasteiger partial charge < -0.3 is 0 Å². The van der Waals surface area contributed by atoms with Gasteiger partial charge in [0.25, 0.3) is 10.2 Å². The van der Waals surface area contributed by atoms with E-state index in [2.05, 4.69) is 12.6 Å². The second-order valence-electron chi connectivity index (χ2n) is 2.70. The molecular formula is C5H12N2O2S2. The highest BCUT2D eigenvalue weighted by Gasteiger charge is 2.23. The van der Waals surface area contributed by atoms with Gasteiger partial charge in [-0.1, -0.05) is 0 Å². The fraction of sp³-hybridized carbons (Fsp3) is 1.00. The highest BCUT2D eigenvalue weighted by atomic mass is 32.2. The molecule has 0 amide bonds. The normalized spacial score (nSPS) is 28.7. The summed E-state index contributed by atoms with van der Waals surface area (Å²) in [6.45, 7) is 0.984. The maximum absolute atomic E-state index is 10.8. The van der Waals surface area contributed by atoms with E-state index in [0.29, 0.717) is 13.1 Å². The van der Waals surface area contributed by atoms with Crippen molar-refractivity contribution in [2.45, 2.75) is 18.1 Å². The van der Waals surface area contributed by atoms with Gasteiger partial charge in [0.15, 0.2) is 0 Å². The van der Waals surface area contributed by atoms with E-state index in [1.807, 2.05) is 0 Å². The molecule has 1 heterocycles. The number of nitrogens with zero attached hydrogens (tertiary/aromatic N) is 1. The van der Waals surface area contributed by atoms with Crippen molar-refractivity contribution in [3.63, 3.8) is 0 Å². The summed E-state index contributed by atoms with van der Waals surface area (Å²) >= 11 is 4.19. The van der Waals surface area contributed by atoms with Gasteiger partial charge in [0, 0.05) is 18.3 Å². The van der Waals surface area contributed by atoms with Gasteiger partial charge >= 0.3 is 0 Å². The second-order valence-corrected chi connectivity index (χ2v) is 4.98. The fourth-order valence-electron chi connectivity index (χ4n) is 1.15. The van der Waals surface area contributed by atoms with Gasteiger partial charge in [-0.15, -0.1) is 0 Å². The summed E-state index contributed by atoms with van der Waals surface area (Å²) in [5.41, 5.74) is 0. The Labute approximate surface area is 72.3 Å². The summed E-state index contributed by atoms with van der Waals surface area (Å²) in [5.74, 6) is 0. The Morgan fingerprint density at radius 3 is 2.55 bits per heavy atom. The molecule has 1 atom stereocenters. The van der Waals surface area contributed by atoms with E-state index in [0.717, 1.165) is 12.8 Å². The second kappa shape index (κ2) is 3.30. The largest absolute Gasteiger partial charge is 0.276 e. The third-order valence-electron chi connectivity index (χ3n) is 1.72. The first kappa shape index (κ1) is 9.31. The molecule has 0 aromatic heterocycles. The van der Waals surface area contributed by atoms with Crippen molar-refractivity contribution in [3.8, 4) is 0 Å². The van der Waals surface area contributed by atoms with Crippen molar-refractivity contribution >= 4 is 22.8 Å². The predicted octanol–water partition coefficient (Wildman–Crippen LogP) is -0.416. The number of nitrogens with two attached hydrogens (primary N) is 1. The van der Waals surface area contributed by atoms with E-state index in [9.17, 15) is 8.42 Å². The minimum atomic E-state index is -3.47. The first-order valence-electron chi connectivity index (χ1n) is 3.46. The van der Waals surface area contributed by atoms with Crippen molar-refractivity contribution in [2.24, 2.45) is 5.14 Å². The third-order valence-corrected chi connectivity index (χ3v) is 3.19. The van der Waals surface area contributed by atoms with E-state index in [1.54, 1.807) is 0 Å². The molecule has 0 aliphatic carbocycles. The van der Waals surface area contributed by atoms with Crippen LogP contribution in [0.15, 0.2) is 0 Å². The highest BCUT2D eigenvalue weighted by molar-refractivity contribution is 7.86. The van der Waals surface area contributed by atoms with Crippen LogP contribution in [0.25, 0.3) is 0 Å². The van der Waals surface area contributed by atoms with Crippen LogP contribution in [0.2, 0.25) is 0 Å². The SMILES string of the molecule is NS(=O)(=O)N1CCCC(S)C1. The van der Waals surface area contributed by atoms with Crippen molar-refractivity contribution in [1.82, 2.24) is 4.31 Å². The van der Waals surface area contributed by atoms with Crippen LogP contribution in [0.3, 0.4) is 0 Å². The fourth-order valence-corrected chi connectivity index (χ4v) is 2.41. The van der Waals surface area contributed by atoms with Gasteiger partial charge in [-0.3, -0.25) is 0 Å². The van der Waals surface area contributed by atoms with Crippen molar-refractivity contribution in [1.29, 1.82) is 0 Å². The monoisotopic (exact) mass is 196 g/mol. The zero-order valence-corrected chi connectivity index (χ0v) is 7.81. The predicted molar refractivity (Wildman–Crippen MR) is 46.7 cm³/mol. The molecule has 6 heteroatoms. The third kappa shape index (κ3) is 2.62. The van der Waals surface area contributed by atoms with Crippen LogP contribution in [0.1, 0.15) is 12.8 Å². The van der Waals surface area contributed by atoms with Crippen LogP contribution in [-0.4, -0.2) is 31.1 Å². The summed E-state index contributed by atoms with van der Waals surface area (Å²) < 4.78 is 22.9. The minimum Gasteiger partial charge on any atom is -0.216 e.